The lowest BCUT2D eigenvalue weighted by Gasteiger charge is -2.28. The van der Waals surface area contributed by atoms with Crippen LogP contribution in [0.1, 0.15) is 27.2 Å². The van der Waals surface area contributed by atoms with Gasteiger partial charge in [0.05, 0.1) is 18.6 Å². The number of ether oxygens (including phenoxy) is 1. The maximum atomic E-state index is 11.6. The van der Waals surface area contributed by atoms with E-state index in [-0.39, 0.29) is 18.9 Å². The summed E-state index contributed by atoms with van der Waals surface area (Å²) in [5, 5.41) is 11.4. The first-order chi connectivity index (χ1) is 7.34. The molecule has 0 aromatic heterocycles. The number of carbonyl (C=O) groups excluding carboxylic acids is 1. The topological polar surface area (TPSA) is 75.6 Å². The first-order valence-electron chi connectivity index (χ1n) is 5.01. The van der Waals surface area contributed by atoms with Crippen molar-refractivity contribution in [1.29, 1.82) is 0 Å². The molecule has 0 fully saturated rings. The monoisotopic (exact) mass is 229 g/mol. The summed E-state index contributed by atoms with van der Waals surface area (Å²) in [6.07, 6.45) is 1.49. The molecule has 1 amide bonds. The van der Waals surface area contributed by atoms with Crippen LogP contribution in [0.15, 0.2) is 11.6 Å². The molecule has 0 aromatic carbocycles. The Morgan fingerprint density at radius 2 is 2.06 bits per heavy atom. The van der Waals surface area contributed by atoms with Crippen molar-refractivity contribution in [3.63, 3.8) is 0 Å². The van der Waals surface area contributed by atoms with Gasteiger partial charge in [-0.05, 0) is 20.8 Å². The Bertz CT molecular complexity index is 298. The SMILES string of the molecule is CC=C(C)C(=O)NC(C)(COC)CC(=O)O. The molecule has 0 radical (unpaired) electrons. The fourth-order valence-corrected chi connectivity index (χ4v) is 1.29. The summed E-state index contributed by atoms with van der Waals surface area (Å²) in [4.78, 5) is 22.3. The zero-order chi connectivity index (χ0) is 12.8. The van der Waals surface area contributed by atoms with E-state index in [9.17, 15) is 9.59 Å². The second kappa shape index (κ2) is 6.27. The van der Waals surface area contributed by atoms with E-state index in [1.807, 2.05) is 0 Å². The van der Waals surface area contributed by atoms with E-state index in [0.29, 0.717) is 5.57 Å². The normalized spacial score (nSPS) is 15.4. The number of methoxy groups -OCH3 is 1. The number of amides is 1. The fourth-order valence-electron chi connectivity index (χ4n) is 1.29. The van der Waals surface area contributed by atoms with Crippen molar-refractivity contribution < 1.29 is 19.4 Å². The molecule has 0 aliphatic heterocycles. The zero-order valence-electron chi connectivity index (χ0n) is 10.2. The Balaban J connectivity index is 4.67. The number of hydrogen-bond donors (Lipinski definition) is 2. The molecule has 0 spiro atoms. The highest BCUT2D eigenvalue weighted by Crippen LogP contribution is 2.11. The van der Waals surface area contributed by atoms with Crippen LogP contribution in [0.2, 0.25) is 0 Å². The van der Waals surface area contributed by atoms with Crippen molar-refractivity contribution in [2.24, 2.45) is 0 Å². The molecule has 0 saturated carbocycles. The highest BCUT2D eigenvalue weighted by Gasteiger charge is 2.29. The van der Waals surface area contributed by atoms with Gasteiger partial charge in [-0.3, -0.25) is 9.59 Å². The summed E-state index contributed by atoms with van der Waals surface area (Å²) in [6, 6.07) is 0. The van der Waals surface area contributed by atoms with Gasteiger partial charge in [0.25, 0.3) is 0 Å². The number of carboxylic acid groups (broad SMARTS) is 1. The number of rotatable bonds is 6. The van der Waals surface area contributed by atoms with Crippen molar-refractivity contribution in [3.8, 4) is 0 Å². The third kappa shape index (κ3) is 4.93. The van der Waals surface area contributed by atoms with Crippen LogP contribution < -0.4 is 5.32 Å². The molecule has 0 heterocycles. The minimum absolute atomic E-state index is 0.155. The fraction of sp³-hybridized carbons (Fsp3) is 0.636. The van der Waals surface area contributed by atoms with E-state index in [1.54, 1.807) is 26.8 Å². The standard InChI is InChI=1S/C11H19NO4/c1-5-8(2)10(15)12-11(3,7-16-4)6-9(13)14/h5H,6-7H2,1-4H3,(H,12,15)(H,13,14). The highest BCUT2D eigenvalue weighted by atomic mass is 16.5. The smallest absolute Gasteiger partial charge is 0.305 e. The number of hydrogen-bond acceptors (Lipinski definition) is 3. The summed E-state index contributed by atoms with van der Waals surface area (Å²) in [5.74, 6) is -1.25. The van der Waals surface area contributed by atoms with Crippen LogP contribution in [0.25, 0.3) is 0 Å². The van der Waals surface area contributed by atoms with Gasteiger partial charge in [0.1, 0.15) is 0 Å². The third-order valence-corrected chi connectivity index (χ3v) is 2.21. The van der Waals surface area contributed by atoms with Crippen molar-refractivity contribution in [2.45, 2.75) is 32.7 Å². The molecule has 5 heteroatoms. The van der Waals surface area contributed by atoms with Gasteiger partial charge in [-0.15, -0.1) is 0 Å². The van der Waals surface area contributed by atoms with E-state index in [1.165, 1.54) is 7.11 Å². The van der Waals surface area contributed by atoms with Crippen molar-refractivity contribution in [2.75, 3.05) is 13.7 Å². The van der Waals surface area contributed by atoms with Gasteiger partial charge in [-0.2, -0.15) is 0 Å². The highest BCUT2D eigenvalue weighted by molar-refractivity contribution is 5.93. The molecule has 1 atom stereocenters. The van der Waals surface area contributed by atoms with Crippen LogP contribution in [0.5, 0.6) is 0 Å². The zero-order valence-corrected chi connectivity index (χ0v) is 10.2. The van der Waals surface area contributed by atoms with Crippen LogP contribution in [-0.2, 0) is 14.3 Å². The maximum Gasteiger partial charge on any atom is 0.305 e. The molecule has 92 valence electrons. The molecular formula is C11H19NO4. The first-order valence-corrected chi connectivity index (χ1v) is 5.01. The lowest BCUT2D eigenvalue weighted by molar-refractivity contribution is -0.139. The minimum atomic E-state index is -0.974. The molecule has 1 unspecified atom stereocenters. The van der Waals surface area contributed by atoms with Gasteiger partial charge in [0.15, 0.2) is 0 Å². The van der Waals surface area contributed by atoms with Gasteiger partial charge < -0.3 is 15.2 Å². The molecule has 0 aliphatic carbocycles. The Kier molecular flexibility index (Phi) is 5.74. The predicted molar refractivity (Wildman–Crippen MR) is 60.1 cm³/mol. The molecule has 0 aromatic rings. The van der Waals surface area contributed by atoms with Crippen LogP contribution in [0, 0.1) is 0 Å². The Labute approximate surface area is 95.5 Å². The second-order valence-electron chi connectivity index (χ2n) is 3.99. The summed E-state index contributed by atoms with van der Waals surface area (Å²) in [7, 11) is 1.47. The van der Waals surface area contributed by atoms with Crippen molar-refractivity contribution in [1.82, 2.24) is 5.32 Å². The van der Waals surface area contributed by atoms with Gasteiger partial charge in [0, 0.05) is 12.7 Å². The van der Waals surface area contributed by atoms with E-state index < -0.39 is 11.5 Å². The number of nitrogens with one attached hydrogen (secondary N) is 1. The van der Waals surface area contributed by atoms with E-state index in [0.717, 1.165) is 0 Å². The van der Waals surface area contributed by atoms with Crippen LogP contribution in [0.4, 0.5) is 0 Å². The molecule has 0 aliphatic rings. The number of aliphatic carboxylic acids is 1. The summed E-state index contributed by atoms with van der Waals surface area (Å²) < 4.78 is 4.92. The van der Waals surface area contributed by atoms with E-state index >= 15 is 0 Å². The lowest BCUT2D eigenvalue weighted by atomic mass is 9.98. The van der Waals surface area contributed by atoms with Gasteiger partial charge in [0.2, 0.25) is 5.91 Å². The number of carboxylic acids is 1. The summed E-state index contributed by atoms with van der Waals surface area (Å²) in [5.41, 5.74) is -0.338. The van der Waals surface area contributed by atoms with Crippen LogP contribution >= 0.6 is 0 Å². The number of carbonyl (C=O) groups is 2. The molecule has 0 rings (SSSR count). The van der Waals surface area contributed by atoms with Gasteiger partial charge >= 0.3 is 5.97 Å². The second-order valence-corrected chi connectivity index (χ2v) is 3.99. The van der Waals surface area contributed by atoms with Crippen LogP contribution in [0.3, 0.4) is 0 Å². The summed E-state index contributed by atoms with van der Waals surface area (Å²) >= 11 is 0. The van der Waals surface area contributed by atoms with E-state index in [2.05, 4.69) is 5.32 Å². The predicted octanol–water partition coefficient (Wildman–Crippen LogP) is 0.949. The molecule has 0 bridgehead atoms. The molecular weight excluding hydrogens is 210 g/mol. The molecule has 5 nitrogen and oxygen atoms in total. The largest absolute Gasteiger partial charge is 0.481 e. The Hall–Kier alpha value is -1.36. The third-order valence-electron chi connectivity index (χ3n) is 2.21. The van der Waals surface area contributed by atoms with Crippen molar-refractivity contribution >= 4 is 11.9 Å². The Morgan fingerprint density at radius 3 is 2.44 bits per heavy atom. The first kappa shape index (κ1) is 14.6. The lowest BCUT2D eigenvalue weighted by Crippen LogP contribution is -2.51. The summed E-state index contributed by atoms with van der Waals surface area (Å²) in [6.45, 7) is 5.22. The molecule has 2 N–H and O–H groups in total. The van der Waals surface area contributed by atoms with E-state index in [4.69, 9.17) is 9.84 Å². The molecule has 16 heavy (non-hydrogen) atoms. The molecule has 0 saturated heterocycles. The van der Waals surface area contributed by atoms with Crippen molar-refractivity contribution in [3.05, 3.63) is 11.6 Å². The van der Waals surface area contributed by atoms with Gasteiger partial charge in [-0.25, -0.2) is 0 Å². The number of allylic oxidation sites excluding steroid dienone is 1. The maximum absolute atomic E-state index is 11.6. The average Bonchev–Trinajstić information content (AvgIpc) is 2.14. The van der Waals surface area contributed by atoms with Crippen LogP contribution in [-0.4, -0.2) is 36.2 Å². The average molecular weight is 229 g/mol. The Morgan fingerprint density at radius 1 is 1.50 bits per heavy atom. The minimum Gasteiger partial charge on any atom is -0.481 e. The quantitative estimate of drug-likeness (QED) is 0.665. The van der Waals surface area contributed by atoms with Gasteiger partial charge in [-0.1, -0.05) is 6.08 Å².